The summed E-state index contributed by atoms with van der Waals surface area (Å²) in [7, 11) is 0. The molecule has 1 unspecified atom stereocenters. The van der Waals surface area contributed by atoms with Gasteiger partial charge in [-0.15, -0.1) is 0 Å². The van der Waals surface area contributed by atoms with Crippen molar-refractivity contribution in [2.24, 2.45) is 0 Å². The molecule has 19 heavy (non-hydrogen) atoms. The Kier molecular flexibility index (Phi) is 4.07. The van der Waals surface area contributed by atoms with Gasteiger partial charge in [0.15, 0.2) is 0 Å². The predicted octanol–water partition coefficient (Wildman–Crippen LogP) is 2.60. The van der Waals surface area contributed by atoms with Gasteiger partial charge in [-0.3, -0.25) is 9.69 Å². The van der Waals surface area contributed by atoms with E-state index in [1.807, 2.05) is 24.3 Å². The van der Waals surface area contributed by atoms with E-state index in [2.05, 4.69) is 32.4 Å². The molecule has 2 aliphatic heterocycles. The number of halogens is 1. The minimum Gasteiger partial charge on any atom is -0.337 e. The molecule has 2 fully saturated rings. The van der Waals surface area contributed by atoms with E-state index in [-0.39, 0.29) is 5.91 Å². The number of nitrogens with zero attached hydrogens (tertiary/aromatic N) is 2. The molecule has 102 valence electrons. The first-order valence-electron chi connectivity index (χ1n) is 7.03. The monoisotopic (exact) mass is 370 g/mol. The summed E-state index contributed by atoms with van der Waals surface area (Å²) in [6, 6.07) is 8.50. The number of hydrogen-bond acceptors (Lipinski definition) is 2. The third-order valence-corrected chi connectivity index (χ3v) is 4.90. The van der Waals surface area contributed by atoms with Crippen LogP contribution in [0.1, 0.15) is 29.6 Å². The predicted molar refractivity (Wildman–Crippen MR) is 84.3 cm³/mol. The maximum Gasteiger partial charge on any atom is 0.253 e. The van der Waals surface area contributed by atoms with Crippen molar-refractivity contribution in [1.29, 1.82) is 0 Å². The molecule has 4 heteroatoms. The zero-order valence-corrected chi connectivity index (χ0v) is 13.2. The van der Waals surface area contributed by atoms with Crippen LogP contribution in [0.15, 0.2) is 24.3 Å². The third-order valence-electron chi connectivity index (χ3n) is 4.18. The number of benzene rings is 1. The van der Waals surface area contributed by atoms with Gasteiger partial charge >= 0.3 is 0 Å². The molecule has 3 rings (SSSR count). The number of hydrogen-bond donors (Lipinski definition) is 0. The van der Waals surface area contributed by atoms with Gasteiger partial charge in [-0.05, 0) is 72.7 Å². The fourth-order valence-corrected chi connectivity index (χ4v) is 3.53. The van der Waals surface area contributed by atoms with E-state index in [4.69, 9.17) is 0 Å². The van der Waals surface area contributed by atoms with E-state index in [9.17, 15) is 4.79 Å². The molecule has 0 aromatic heterocycles. The molecule has 1 aromatic carbocycles. The topological polar surface area (TPSA) is 23.6 Å². The first kappa shape index (κ1) is 13.4. The van der Waals surface area contributed by atoms with Crippen LogP contribution in [0, 0.1) is 3.57 Å². The van der Waals surface area contributed by atoms with Crippen molar-refractivity contribution in [3.05, 3.63) is 33.4 Å². The van der Waals surface area contributed by atoms with Crippen LogP contribution in [-0.4, -0.2) is 47.9 Å². The lowest BCUT2D eigenvalue weighted by Crippen LogP contribution is -2.39. The zero-order chi connectivity index (χ0) is 13.2. The first-order chi connectivity index (χ1) is 9.24. The Balaban J connectivity index is 1.73. The van der Waals surface area contributed by atoms with Gasteiger partial charge < -0.3 is 4.90 Å². The van der Waals surface area contributed by atoms with Crippen LogP contribution in [-0.2, 0) is 0 Å². The molecule has 2 aliphatic rings. The van der Waals surface area contributed by atoms with Crippen molar-refractivity contribution in [3.8, 4) is 0 Å². The second kappa shape index (κ2) is 5.79. The van der Waals surface area contributed by atoms with Crippen molar-refractivity contribution in [2.45, 2.75) is 25.3 Å². The molecule has 1 amide bonds. The van der Waals surface area contributed by atoms with Gasteiger partial charge in [0.2, 0.25) is 0 Å². The standard InChI is InChI=1S/C15H19IN2O/c16-13-6-4-12(5-7-13)15(19)18-10-2-9-17-8-1-3-14(17)11-18/h4-7,14H,1-3,8-11H2. The summed E-state index contributed by atoms with van der Waals surface area (Å²) in [5.74, 6) is 0.199. The maximum absolute atomic E-state index is 12.6. The van der Waals surface area contributed by atoms with Crippen molar-refractivity contribution in [2.75, 3.05) is 26.2 Å². The maximum atomic E-state index is 12.6. The number of fused-ring (bicyclic) bond motifs is 1. The Hall–Kier alpha value is -0.620. The molecule has 1 aromatic rings. The molecule has 1 atom stereocenters. The van der Waals surface area contributed by atoms with Gasteiger partial charge in [0, 0.05) is 34.8 Å². The minimum atomic E-state index is 0.199. The summed E-state index contributed by atoms with van der Waals surface area (Å²) in [5, 5.41) is 0. The molecule has 0 saturated carbocycles. The summed E-state index contributed by atoms with van der Waals surface area (Å²) in [4.78, 5) is 17.2. The average Bonchev–Trinajstić information content (AvgIpc) is 2.76. The highest BCUT2D eigenvalue weighted by molar-refractivity contribution is 14.1. The molecule has 0 bridgehead atoms. The lowest BCUT2D eigenvalue weighted by Gasteiger charge is -2.25. The summed E-state index contributed by atoms with van der Waals surface area (Å²) >= 11 is 2.27. The van der Waals surface area contributed by atoms with Crippen LogP contribution in [0.25, 0.3) is 0 Å². The second-order valence-corrected chi connectivity index (χ2v) is 6.69. The van der Waals surface area contributed by atoms with Gasteiger partial charge in [0.05, 0.1) is 0 Å². The Morgan fingerprint density at radius 3 is 2.63 bits per heavy atom. The number of carbonyl (C=O) groups excluding carboxylic acids is 1. The molecule has 0 radical (unpaired) electrons. The molecule has 0 N–H and O–H groups in total. The SMILES string of the molecule is O=C(c1ccc(I)cc1)N1CCCN2CCCC2C1. The van der Waals surface area contributed by atoms with E-state index < -0.39 is 0 Å². The van der Waals surface area contributed by atoms with E-state index in [1.54, 1.807) is 0 Å². The van der Waals surface area contributed by atoms with Crippen molar-refractivity contribution in [3.63, 3.8) is 0 Å². The van der Waals surface area contributed by atoms with Crippen molar-refractivity contribution >= 4 is 28.5 Å². The molecule has 0 spiro atoms. The third kappa shape index (κ3) is 2.94. The van der Waals surface area contributed by atoms with Gasteiger partial charge in [0.25, 0.3) is 5.91 Å². The summed E-state index contributed by atoms with van der Waals surface area (Å²) in [6.07, 6.45) is 3.64. The summed E-state index contributed by atoms with van der Waals surface area (Å²) < 4.78 is 1.17. The van der Waals surface area contributed by atoms with Crippen LogP contribution in [0.3, 0.4) is 0 Å². The Morgan fingerprint density at radius 2 is 1.84 bits per heavy atom. The lowest BCUT2D eigenvalue weighted by molar-refractivity contribution is 0.0743. The first-order valence-corrected chi connectivity index (χ1v) is 8.11. The van der Waals surface area contributed by atoms with Crippen molar-refractivity contribution < 1.29 is 4.79 Å². The highest BCUT2D eigenvalue weighted by atomic mass is 127. The van der Waals surface area contributed by atoms with E-state index in [0.29, 0.717) is 6.04 Å². The van der Waals surface area contributed by atoms with E-state index in [1.165, 1.54) is 23.0 Å². The van der Waals surface area contributed by atoms with Crippen molar-refractivity contribution in [1.82, 2.24) is 9.80 Å². The van der Waals surface area contributed by atoms with E-state index >= 15 is 0 Å². The Labute approximate surface area is 128 Å². The van der Waals surface area contributed by atoms with Crippen LogP contribution < -0.4 is 0 Å². The van der Waals surface area contributed by atoms with Gasteiger partial charge in [0.1, 0.15) is 0 Å². The summed E-state index contributed by atoms with van der Waals surface area (Å²) in [5.41, 5.74) is 0.826. The molecule has 2 heterocycles. The van der Waals surface area contributed by atoms with Crippen LogP contribution in [0.4, 0.5) is 0 Å². The molecule has 2 saturated heterocycles. The van der Waals surface area contributed by atoms with Crippen LogP contribution >= 0.6 is 22.6 Å². The number of carbonyl (C=O) groups is 1. The Bertz CT molecular complexity index is 460. The Morgan fingerprint density at radius 1 is 1.11 bits per heavy atom. The summed E-state index contributed by atoms with van der Waals surface area (Å²) in [6.45, 7) is 4.18. The van der Waals surface area contributed by atoms with Gasteiger partial charge in [-0.1, -0.05) is 0 Å². The average molecular weight is 370 g/mol. The van der Waals surface area contributed by atoms with Crippen LogP contribution in [0.5, 0.6) is 0 Å². The lowest BCUT2D eigenvalue weighted by atomic mass is 10.1. The number of rotatable bonds is 1. The normalized spacial score (nSPS) is 24.1. The number of amides is 1. The largest absolute Gasteiger partial charge is 0.337 e. The quantitative estimate of drug-likeness (QED) is 0.710. The highest BCUT2D eigenvalue weighted by Gasteiger charge is 2.30. The molecular weight excluding hydrogens is 351 g/mol. The molecule has 3 nitrogen and oxygen atoms in total. The zero-order valence-electron chi connectivity index (χ0n) is 11.0. The molecule has 0 aliphatic carbocycles. The van der Waals surface area contributed by atoms with Crippen LogP contribution in [0.2, 0.25) is 0 Å². The second-order valence-electron chi connectivity index (χ2n) is 5.44. The smallest absolute Gasteiger partial charge is 0.253 e. The minimum absolute atomic E-state index is 0.199. The molecular formula is C15H19IN2O. The fourth-order valence-electron chi connectivity index (χ4n) is 3.17. The van der Waals surface area contributed by atoms with E-state index in [0.717, 1.165) is 31.6 Å². The fraction of sp³-hybridized carbons (Fsp3) is 0.533. The van der Waals surface area contributed by atoms with Gasteiger partial charge in [-0.2, -0.15) is 0 Å². The van der Waals surface area contributed by atoms with Gasteiger partial charge in [-0.25, -0.2) is 0 Å². The highest BCUT2D eigenvalue weighted by Crippen LogP contribution is 2.22.